The molecular weight excluding hydrogens is 436 g/mol. The molecule has 0 fully saturated rings. The summed E-state index contributed by atoms with van der Waals surface area (Å²) in [5, 5.41) is 39.6. The van der Waals surface area contributed by atoms with Gasteiger partial charge in [-0.2, -0.15) is 0 Å². The van der Waals surface area contributed by atoms with E-state index in [4.69, 9.17) is 0 Å². The Balaban J connectivity index is 1.83. The average Bonchev–Trinajstić information content (AvgIpc) is 2.87. The van der Waals surface area contributed by atoms with Crippen molar-refractivity contribution in [3.8, 4) is 23.0 Å². The van der Waals surface area contributed by atoms with Gasteiger partial charge in [-0.05, 0) is 102 Å². The van der Waals surface area contributed by atoms with Crippen molar-refractivity contribution >= 4 is 0 Å². The highest BCUT2D eigenvalue weighted by atomic mass is 16.3. The second kappa shape index (κ2) is 10.6. The second-order valence-corrected chi connectivity index (χ2v) is 9.24. The molecule has 35 heavy (non-hydrogen) atoms. The molecular formula is C31H32O4. The van der Waals surface area contributed by atoms with Gasteiger partial charge in [0.2, 0.25) is 0 Å². The molecule has 4 aromatic carbocycles. The van der Waals surface area contributed by atoms with Crippen LogP contribution in [0.1, 0.15) is 54.4 Å². The highest BCUT2D eigenvalue weighted by Crippen LogP contribution is 2.46. The molecule has 1 unspecified atom stereocenters. The molecule has 0 heterocycles. The van der Waals surface area contributed by atoms with Crippen molar-refractivity contribution in [1.82, 2.24) is 0 Å². The predicted molar refractivity (Wildman–Crippen MR) is 139 cm³/mol. The predicted octanol–water partition coefficient (Wildman–Crippen LogP) is 7.01. The van der Waals surface area contributed by atoms with Gasteiger partial charge in [0, 0.05) is 5.41 Å². The van der Waals surface area contributed by atoms with Gasteiger partial charge < -0.3 is 20.4 Å². The molecule has 4 aromatic rings. The highest BCUT2D eigenvalue weighted by Gasteiger charge is 2.36. The molecule has 0 saturated heterocycles. The van der Waals surface area contributed by atoms with Crippen molar-refractivity contribution in [1.29, 1.82) is 0 Å². The Bertz CT molecular complexity index is 1170. The van der Waals surface area contributed by atoms with Crippen LogP contribution in [-0.4, -0.2) is 20.4 Å². The first kappa shape index (κ1) is 24.2. The van der Waals surface area contributed by atoms with Gasteiger partial charge in [-0.15, -0.1) is 0 Å². The van der Waals surface area contributed by atoms with Gasteiger partial charge >= 0.3 is 0 Å². The summed E-state index contributed by atoms with van der Waals surface area (Å²) in [6, 6.07) is 29.6. The third-order valence-electron chi connectivity index (χ3n) is 7.07. The van der Waals surface area contributed by atoms with Crippen molar-refractivity contribution in [3.63, 3.8) is 0 Å². The van der Waals surface area contributed by atoms with E-state index in [-0.39, 0.29) is 28.9 Å². The van der Waals surface area contributed by atoms with E-state index in [1.54, 1.807) is 48.5 Å². The molecule has 4 nitrogen and oxygen atoms in total. The van der Waals surface area contributed by atoms with Gasteiger partial charge in [0.05, 0.1) is 0 Å². The summed E-state index contributed by atoms with van der Waals surface area (Å²) in [6.45, 7) is 2.18. The lowest BCUT2D eigenvalue weighted by atomic mass is 9.65. The van der Waals surface area contributed by atoms with Crippen LogP contribution in [0.5, 0.6) is 23.0 Å². The zero-order chi connectivity index (χ0) is 24.8. The number of aromatic hydroxyl groups is 4. The zero-order valence-electron chi connectivity index (χ0n) is 19.9. The van der Waals surface area contributed by atoms with Crippen LogP contribution >= 0.6 is 0 Å². The number of phenols is 4. The summed E-state index contributed by atoms with van der Waals surface area (Å²) in [7, 11) is 0. The number of aryl methyl sites for hydroxylation is 1. The summed E-state index contributed by atoms with van der Waals surface area (Å²) < 4.78 is 0. The lowest BCUT2D eigenvalue weighted by Gasteiger charge is -2.39. The average molecular weight is 469 g/mol. The first-order valence-electron chi connectivity index (χ1n) is 12.1. The fourth-order valence-corrected chi connectivity index (χ4v) is 5.04. The quantitative estimate of drug-likeness (QED) is 0.213. The lowest BCUT2D eigenvalue weighted by molar-refractivity contribution is 0.386. The minimum atomic E-state index is -0.405. The van der Waals surface area contributed by atoms with Gasteiger partial charge in [0.15, 0.2) is 0 Å². The van der Waals surface area contributed by atoms with Crippen LogP contribution in [0.25, 0.3) is 0 Å². The summed E-state index contributed by atoms with van der Waals surface area (Å²) >= 11 is 0. The SMILES string of the molecule is CCC(CC(CCc1ccc(O)cc1)(c1ccc(O)cc1)c1ccc(O)cc1)c1ccc(O)cc1. The molecule has 4 N–H and O–H groups in total. The molecule has 4 heteroatoms. The summed E-state index contributed by atoms with van der Waals surface area (Å²) in [4.78, 5) is 0. The van der Waals surface area contributed by atoms with E-state index in [0.29, 0.717) is 0 Å². The van der Waals surface area contributed by atoms with Crippen LogP contribution in [0, 0.1) is 0 Å². The van der Waals surface area contributed by atoms with Gasteiger partial charge in [-0.3, -0.25) is 0 Å². The summed E-state index contributed by atoms with van der Waals surface area (Å²) in [5.41, 5.74) is 4.07. The van der Waals surface area contributed by atoms with Gasteiger partial charge in [-0.25, -0.2) is 0 Å². The Morgan fingerprint density at radius 3 is 1.40 bits per heavy atom. The molecule has 0 saturated carbocycles. The molecule has 0 aliphatic rings. The number of hydrogen-bond donors (Lipinski definition) is 4. The maximum atomic E-state index is 10.0. The van der Waals surface area contributed by atoms with E-state index in [0.717, 1.165) is 47.9 Å². The molecule has 1 atom stereocenters. The smallest absolute Gasteiger partial charge is 0.115 e. The van der Waals surface area contributed by atoms with Crippen molar-refractivity contribution in [2.75, 3.05) is 0 Å². The fourth-order valence-electron chi connectivity index (χ4n) is 5.04. The van der Waals surface area contributed by atoms with Crippen LogP contribution in [-0.2, 0) is 11.8 Å². The Kier molecular flexibility index (Phi) is 7.31. The molecule has 180 valence electrons. The minimum absolute atomic E-state index is 0.220. The third-order valence-corrected chi connectivity index (χ3v) is 7.07. The molecule has 0 aromatic heterocycles. The van der Waals surface area contributed by atoms with E-state index in [1.807, 2.05) is 48.5 Å². The standard InChI is InChI=1S/C31H32O4/c1-2-23(24-5-13-28(33)14-6-24)21-31(25-7-15-29(34)16-8-25,26-9-17-30(35)18-10-26)20-19-22-3-11-27(32)12-4-22/h3-18,23,32-35H,2,19-21H2,1H3. The van der Waals surface area contributed by atoms with Crippen LogP contribution in [0.3, 0.4) is 0 Å². The Morgan fingerprint density at radius 2 is 0.971 bits per heavy atom. The van der Waals surface area contributed by atoms with Crippen molar-refractivity contribution in [3.05, 3.63) is 119 Å². The topological polar surface area (TPSA) is 80.9 Å². The van der Waals surface area contributed by atoms with E-state index in [2.05, 4.69) is 6.92 Å². The molecule has 0 radical (unpaired) electrons. The largest absolute Gasteiger partial charge is 0.508 e. The number of phenolic OH excluding ortho intramolecular Hbond substituents is 4. The van der Waals surface area contributed by atoms with Crippen LogP contribution in [0.15, 0.2) is 97.1 Å². The van der Waals surface area contributed by atoms with Crippen LogP contribution in [0.2, 0.25) is 0 Å². The maximum Gasteiger partial charge on any atom is 0.115 e. The summed E-state index contributed by atoms with van der Waals surface area (Å²) in [6.07, 6.45) is 3.31. The van der Waals surface area contributed by atoms with E-state index >= 15 is 0 Å². The number of rotatable bonds is 9. The molecule has 0 amide bonds. The first-order chi connectivity index (χ1) is 16.9. The van der Waals surface area contributed by atoms with E-state index < -0.39 is 5.41 Å². The highest BCUT2D eigenvalue weighted by molar-refractivity contribution is 5.44. The van der Waals surface area contributed by atoms with Crippen LogP contribution in [0.4, 0.5) is 0 Å². The van der Waals surface area contributed by atoms with Crippen molar-refractivity contribution in [2.45, 2.75) is 43.9 Å². The fraction of sp³-hybridized carbons (Fsp3) is 0.226. The molecule has 4 rings (SSSR count). The van der Waals surface area contributed by atoms with Gasteiger partial charge in [-0.1, -0.05) is 55.5 Å². The lowest BCUT2D eigenvalue weighted by Crippen LogP contribution is -2.31. The summed E-state index contributed by atoms with van der Waals surface area (Å²) in [5.74, 6) is 1.16. The normalized spacial score (nSPS) is 12.4. The minimum Gasteiger partial charge on any atom is -0.508 e. The van der Waals surface area contributed by atoms with Gasteiger partial charge in [0.25, 0.3) is 0 Å². The molecule has 0 bridgehead atoms. The Labute approximate surface area is 206 Å². The van der Waals surface area contributed by atoms with Crippen molar-refractivity contribution in [2.24, 2.45) is 0 Å². The Hall–Kier alpha value is -3.92. The Morgan fingerprint density at radius 1 is 0.571 bits per heavy atom. The maximum absolute atomic E-state index is 10.0. The number of benzene rings is 4. The number of hydrogen-bond acceptors (Lipinski definition) is 4. The molecule has 0 aliphatic heterocycles. The second-order valence-electron chi connectivity index (χ2n) is 9.24. The van der Waals surface area contributed by atoms with Crippen molar-refractivity contribution < 1.29 is 20.4 Å². The van der Waals surface area contributed by atoms with E-state index in [1.165, 1.54) is 0 Å². The van der Waals surface area contributed by atoms with E-state index in [9.17, 15) is 20.4 Å². The monoisotopic (exact) mass is 468 g/mol. The molecule has 0 aliphatic carbocycles. The van der Waals surface area contributed by atoms with Crippen LogP contribution < -0.4 is 0 Å². The van der Waals surface area contributed by atoms with Gasteiger partial charge in [0.1, 0.15) is 23.0 Å². The zero-order valence-corrected chi connectivity index (χ0v) is 19.9. The first-order valence-corrected chi connectivity index (χ1v) is 12.1. The third kappa shape index (κ3) is 5.60. The molecule has 0 spiro atoms.